The van der Waals surface area contributed by atoms with Crippen LogP contribution in [0.5, 0.6) is 11.5 Å². The van der Waals surface area contributed by atoms with E-state index >= 15 is 0 Å². The molecular weight excluding hydrogens is 376 g/mol. The molecule has 0 aliphatic carbocycles. The van der Waals surface area contributed by atoms with Gasteiger partial charge in [0.05, 0.1) is 12.8 Å². The molecule has 0 atom stereocenters. The van der Waals surface area contributed by atoms with E-state index in [4.69, 9.17) is 4.74 Å². The van der Waals surface area contributed by atoms with Crippen molar-refractivity contribution in [3.8, 4) is 11.5 Å². The Hall–Kier alpha value is -3.67. The van der Waals surface area contributed by atoms with E-state index in [1.807, 2.05) is 36.4 Å². The third kappa shape index (κ3) is 5.42. The van der Waals surface area contributed by atoms with Gasteiger partial charge in [-0.3, -0.25) is 4.79 Å². The van der Waals surface area contributed by atoms with E-state index in [1.54, 1.807) is 36.4 Å². The Morgan fingerprint density at radius 1 is 0.931 bits per heavy atom. The number of methoxy groups -OCH3 is 1. The molecule has 0 bridgehead atoms. The van der Waals surface area contributed by atoms with Crippen molar-refractivity contribution in [1.29, 1.82) is 0 Å². The number of nitrogens with one attached hydrogen (secondary N) is 1. The van der Waals surface area contributed by atoms with Crippen LogP contribution in [0.1, 0.15) is 11.1 Å². The van der Waals surface area contributed by atoms with E-state index in [0.717, 1.165) is 0 Å². The Labute approximate surface area is 167 Å². The Kier molecular flexibility index (Phi) is 6.58. The summed E-state index contributed by atoms with van der Waals surface area (Å²) in [5.74, 6) is 0.271. The lowest BCUT2D eigenvalue weighted by Crippen LogP contribution is -2.14. The van der Waals surface area contributed by atoms with Crippen LogP contribution >= 0.6 is 0 Å². The Morgan fingerprint density at radius 2 is 1.59 bits per heavy atom. The lowest BCUT2D eigenvalue weighted by Gasteiger charge is -2.12. The molecule has 148 valence electrons. The van der Waals surface area contributed by atoms with E-state index < -0.39 is 6.61 Å². The molecule has 0 saturated carbocycles. The van der Waals surface area contributed by atoms with Gasteiger partial charge in [0.25, 0.3) is 5.91 Å². The molecule has 6 heteroatoms. The largest absolute Gasteiger partial charge is 0.495 e. The molecule has 3 aromatic carbocycles. The van der Waals surface area contributed by atoms with Crippen LogP contribution < -0.4 is 14.8 Å². The highest BCUT2D eigenvalue weighted by molar-refractivity contribution is 6.29. The zero-order valence-corrected chi connectivity index (χ0v) is 15.6. The minimum absolute atomic E-state index is 0.0527. The van der Waals surface area contributed by atoms with Gasteiger partial charge >= 0.3 is 6.61 Å². The van der Waals surface area contributed by atoms with E-state index in [9.17, 15) is 13.6 Å². The summed E-state index contributed by atoms with van der Waals surface area (Å²) in [6, 6.07) is 22.3. The molecule has 0 spiro atoms. The fraction of sp³-hybridized carbons (Fsp3) is 0.0870. The maximum atomic E-state index is 13.0. The van der Waals surface area contributed by atoms with Crippen LogP contribution in [-0.2, 0) is 4.79 Å². The van der Waals surface area contributed by atoms with E-state index in [1.165, 1.54) is 19.2 Å². The van der Waals surface area contributed by atoms with Crippen molar-refractivity contribution < 1.29 is 23.0 Å². The second-order valence-electron chi connectivity index (χ2n) is 6.03. The van der Waals surface area contributed by atoms with Crippen molar-refractivity contribution >= 4 is 23.2 Å². The molecule has 0 saturated heterocycles. The second-order valence-corrected chi connectivity index (χ2v) is 6.03. The second kappa shape index (κ2) is 9.50. The summed E-state index contributed by atoms with van der Waals surface area (Å²) in [5.41, 5.74) is 2.34. The molecule has 0 radical (unpaired) electrons. The number of carbonyl (C=O) groups excluding carboxylic acids is 1. The normalized spacial score (nSPS) is 11.2. The van der Waals surface area contributed by atoms with Crippen LogP contribution in [-0.4, -0.2) is 19.6 Å². The van der Waals surface area contributed by atoms with Gasteiger partial charge in [0.2, 0.25) is 0 Å². The molecule has 0 aromatic heterocycles. The number of amides is 1. The Balaban J connectivity index is 1.92. The third-order valence-corrected chi connectivity index (χ3v) is 4.10. The van der Waals surface area contributed by atoms with Gasteiger partial charge in [0.15, 0.2) is 0 Å². The number of benzene rings is 3. The number of alkyl halides is 2. The monoisotopic (exact) mass is 395 g/mol. The first-order valence-corrected chi connectivity index (χ1v) is 8.83. The molecule has 1 N–H and O–H groups in total. The van der Waals surface area contributed by atoms with Crippen molar-refractivity contribution in [2.24, 2.45) is 0 Å². The maximum Gasteiger partial charge on any atom is 0.387 e. The molecule has 0 unspecified atom stereocenters. The number of carbonyl (C=O) groups is 1. The summed E-state index contributed by atoms with van der Waals surface area (Å²) in [6.45, 7) is -2.89. The molecule has 1 amide bonds. The van der Waals surface area contributed by atoms with Gasteiger partial charge in [-0.15, -0.1) is 0 Å². The first kappa shape index (κ1) is 20.1. The minimum atomic E-state index is -2.89. The number of hydrogen-bond acceptors (Lipinski definition) is 3. The first-order chi connectivity index (χ1) is 14.1. The minimum Gasteiger partial charge on any atom is -0.495 e. The van der Waals surface area contributed by atoms with Crippen LogP contribution in [0, 0.1) is 0 Å². The third-order valence-electron chi connectivity index (χ3n) is 4.10. The van der Waals surface area contributed by atoms with Crippen LogP contribution in [0.25, 0.3) is 11.6 Å². The summed E-state index contributed by atoms with van der Waals surface area (Å²) in [7, 11) is 1.53. The molecule has 3 rings (SSSR count). The van der Waals surface area contributed by atoms with E-state index in [0.29, 0.717) is 28.1 Å². The van der Waals surface area contributed by atoms with Crippen LogP contribution in [0.15, 0.2) is 78.9 Å². The summed E-state index contributed by atoms with van der Waals surface area (Å²) >= 11 is 0. The van der Waals surface area contributed by atoms with Gasteiger partial charge < -0.3 is 14.8 Å². The number of halogens is 2. The summed E-state index contributed by atoms with van der Waals surface area (Å²) in [4.78, 5) is 13.0. The van der Waals surface area contributed by atoms with Crippen molar-refractivity contribution in [1.82, 2.24) is 0 Å². The van der Waals surface area contributed by atoms with Gasteiger partial charge in [-0.05, 0) is 41.5 Å². The van der Waals surface area contributed by atoms with Crippen LogP contribution in [0.2, 0.25) is 0 Å². The highest BCUT2D eigenvalue weighted by atomic mass is 19.3. The highest BCUT2D eigenvalue weighted by Crippen LogP contribution is 2.26. The summed E-state index contributed by atoms with van der Waals surface area (Å²) < 4.78 is 34.3. The zero-order valence-electron chi connectivity index (χ0n) is 15.6. The molecule has 0 fully saturated rings. The zero-order chi connectivity index (χ0) is 20.6. The number of hydrogen-bond donors (Lipinski definition) is 1. The van der Waals surface area contributed by atoms with Crippen molar-refractivity contribution in [2.45, 2.75) is 6.61 Å². The van der Waals surface area contributed by atoms with Crippen molar-refractivity contribution in [3.63, 3.8) is 0 Å². The molecule has 0 heterocycles. The summed E-state index contributed by atoms with van der Waals surface area (Å²) in [5, 5.41) is 2.86. The van der Waals surface area contributed by atoms with Gasteiger partial charge in [-0.1, -0.05) is 54.6 Å². The average molecular weight is 395 g/mol. The van der Waals surface area contributed by atoms with Crippen molar-refractivity contribution in [3.05, 3.63) is 90.0 Å². The smallest absolute Gasteiger partial charge is 0.387 e. The number of rotatable bonds is 7. The molecular formula is C23H19F2NO3. The Morgan fingerprint density at radius 3 is 2.24 bits per heavy atom. The van der Waals surface area contributed by atoms with E-state index in [-0.39, 0.29) is 11.7 Å². The number of ether oxygens (including phenoxy) is 2. The van der Waals surface area contributed by atoms with Crippen molar-refractivity contribution in [2.75, 3.05) is 12.4 Å². The maximum absolute atomic E-state index is 13.0. The topological polar surface area (TPSA) is 47.6 Å². The number of anilines is 1. The van der Waals surface area contributed by atoms with E-state index in [2.05, 4.69) is 10.1 Å². The molecule has 4 nitrogen and oxygen atoms in total. The lowest BCUT2D eigenvalue weighted by molar-refractivity contribution is -0.111. The SMILES string of the molecule is COc1ccccc1NC(=O)C(=Cc1ccc(OC(F)F)cc1)c1ccccc1. The molecule has 3 aromatic rings. The quantitative estimate of drug-likeness (QED) is 0.426. The fourth-order valence-corrected chi connectivity index (χ4v) is 2.75. The van der Waals surface area contributed by atoms with Gasteiger partial charge in [-0.25, -0.2) is 0 Å². The highest BCUT2D eigenvalue weighted by Gasteiger charge is 2.14. The fourth-order valence-electron chi connectivity index (χ4n) is 2.75. The molecule has 29 heavy (non-hydrogen) atoms. The predicted octanol–water partition coefficient (Wildman–Crippen LogP) is 5.48. The number of para-hydroxylation sites is 2. The van der Waals surface area contributed by atoms with Crippen LogP contribution in [0.3, 0.4) is 0 Å². The van der Waals surface area contributed by atoms with Gasteiger partial charge in [0.1, 0.15) is 11.5 Å². The van der Waals surface area contributed by atoms with Gasteiger partial charge in [0, 0.05) is 5.57 Å². The molecule has 0 aliphatic rings. The van der Waals surface area contributed by atoms with Crippen LogP contribution in [0.4, 0.5) is 14.5 Å². The average Bonchev–Trinajstić information content (AvgIpc) is 2.73. The lowest BCUT2D eigenvalue weighted by atomic mass is 10.0. The molecule has 0 aliphatic heterocycles. The first-order valence-electron chi connectivity index (χ1n) is 8.83. The predicted molar refractivity (Wildman–Crippen MR) is 109 cm³/mol. The Bertz CT molecular complexity index is 987. The van der Waals surface area contributed by atoms with Gasteiger partial charge in [-0.2, -0.15) is 8.78 Å². The summed E-state index contributed by atoms with van der Waals surface area (Å²) in [6.07, 6.45) is 1.69. The standard InChI is InChI=1S/C23H19F2NO3/c1-28-21-10-6-5-9-20(21)26-22(27)19(17-7-3-2-4-8-17)15-16-11-13-18(14-12-16)29-23(24)25/h2-15,23H,1H3,(H,26,27).